The number of carboxylic acid groups (broad SMARTS) is 1. The van der Waals surface area contributed by atoms with Crippen molar-refractivity contribution in [2.75, 3.05) is 23.3 Å². The highest BCUT2D eigenvalue weighted by atomic mass is 35.5. The Morgan fingerprint density at radius 2 is 2.13 bits per heavy atom. The lowest BCUT2D eigenvalue weighted by molar-refractivity contribution is 0.0697. The fourth-order valence-corrected chi connectivity index (χ4v) is 3.70. The van der Waals surface area contributed by atoms with Crippen LogP contribution in [0.15, 0.2) is 24.4 Å². The van der Waals surface area contributed by atoms with Crippen LogP contribution in [-0.4, -0.2) is 29.1 Å². The van der Waals surface area contributed by atoms with E-state index in [-0.39, 0.29) is 0 Å². The summed E-state index contributed by atoms with van der Waals surface area (Å²) in [5.74, 6) is -0.893. The second-order valence-corrected chi connectivity index (χ2v) is 7.22. The molecule has 0 aliphatic carbocycles. The van der Waals surface area contributed by atoms with Gasteiger partial charge in [-0.15, -0.1) is 11.3 Å². The summed E-state index contributed by atoms with van der Waals surface area (Å²) in [6.45, 7) is 2.42. The van der Waals surface area contributed by atoms with Crippen LogP contribution in [0, 0.1) is 0 Å². The molecule has 1 aliphatic rings. The highest BCUT2D eigenvalue weighted by Crippen LogP contribution is 2.28. The molecule has 0 unspecified atom stereocenters. The van der Waals surface area contributed by atoms with E-state index in [0.29, 0.717) is 16.6 Å². The second-order valence-electron chi connectivity index (χ2n) is 5.52. The molecular weight excluding hydrogens is 334 g/mol. The largest absolute Gasteiger partial charge is 0.478 e. The number of rotatable bonds is 5. The first kappa shape index (κ1) is 16.1. The lowest BCUT2D eigenvalue weighted by Gasteiger charge is -2.30. The van der Waals surface area contributed by atoms with Gasteiger partial charge in [0.05, 0.1) is 17.8 Å². The summed E-state index contributed by atoms with van der Waals surface area (Å²) in [4.78, 5) is 18.8. The van der Waals surface area contributed by atoms with Crippen molar-refractivity contribution in [2.45, 2.75) is 25.8 Å². The fourth-order valence-electron chi connectivity index (χ4n) is 2.78. The van der Waals surface area contributed by atoms with Gasteiger partial charge in [-0.3, -0.25) is 0 Å². The third-order valence-electron chi connectivity index (χ3n) is 3.92. The molecule has 23 heavy (non-hydrogen) atoms. The molecule has 2 aromatic rings. The molecule has 0 saturated carbocycles. The fraction of sp³-hybridized carbons (Fsp3) is 0.375. The number of piperidine rings is 1. The monoisotopic (exact) mass is 351 g/mol. The van der Waals surface area contributed by atoms with Gasteiger partial charge >= 0.3 is 5.97 Å². The van der Waals surface area contributed by atoms with E-state index in [0.717, 1.165) is 42.2 Å². The molecule has 5 nitrogen and oxygen atoms in total. The zero-order valence-corrected chi connectivity index (χ0v) is 14.2. The van der Waals surface area contributed by atoms with Crippen molar-refractivity contribution in [1.29, 1.82) is 0 Å². The number of aromatic nitrogens is 1. The Morgan fingerprint density at radius 1 is 1.35 bits per heavy atom. The number of nitrogens with one attached hydrogen (secondary N) is 1. The van der Waals surface area contributed by atoms with Crippen molar-refractivity contribution in [3.63, 3.8) is 0 Å². The zero-order valence-electron chi connectivity index (χ0n) is 12.6. The number of nitrogens with zero attached hydrogens (tertiary/aromatic N) is 2. The number of hydrogen-bond donors (Lipinski definition) is 2. The van der Waals surface area contributed by atoms with E-state index in [1.54, 1.807) is 12.3 Å². The van der Waals surface area contributed by atoms with Crippen molar-refractivity contribution in [2.24, 2.45) is 0 Å². The summed E-state index contributed by atoms with van der Waals surface area (Å²) in [6.07, 6.45) is 5.17. The van der Waals surface area contributed by atoms with E-state index >= 15 is 0 Å². The van der Waals surface area contributed by atoms with E-state index in [1.165, 1.54) is 17.8 Å². The smallest absolute Gasteiger partial charge is 0.337 e. The Kier molecular flexibility index (Phi) is 5.03. The molecule has 0 bridgehead atoms. The predicted molar refractivity (Wildman–Crippen MR) is 93.9 cm³/mol. The number of hydrogen-bond acceptors (Lipinski definition) is 5. The summed E-state index contributed by atoms with van der Waals surface area (Å²) in [7, 11) is 0. The summed E-state index contributed by atoms with van der Waals surface area (Å²) < 4.78 is 0.508. The molecule has 1 fully saturated rings. The number of aromatic carboxylic acids is 1. The molecule has 0 spiro atoms. The number of benzene rings is 1. The molecule has 0 radical (unpaired) electrons. The van der Waals surface area contributed by atoms with Gasteiger partial charge in [-0.25, -0.2) is 9.78 Å². The maximum absolute atomic E-state index is 11.6. The van der Waals surface area contributed by atoms with Crippen LogP contribution in [0.5, 0.6) is 0 Å². The van der Waals surface area contributed by atoms with Crippen LogP contribution in [0.1, 0.15) is 34.5 Å². The topological polar surface area (TPSA) is 65.5 Å². The van der Waals surface area contributed by atoms with Crippen LogP contribution >= 0.6 is 22.9 Å². The van der Waals surface area contributed by atoms with Gasteiger partial charge in [0.25, 0.3) is 0 Å². The summed E-state index contributed by atoms with van der Waals surface area (Å²) in [6, 6.07) is 5.53. The minimum absolute atomic E-state index is 0.347. The molecule has 1 aromatic carbocycles. The van der Waals surface area contributed by atoms with Gasteiger partial charge < -0.3 is 15.3 Å². The average molecular weight is 352 g/mol. The number of carboxylic acids is 1. The van der Waals surface area contributed by atoms with Crippen LogP contribution in [0.25, 0.3) is 0 Å². The van der Waals surface area contributed by atoms with Crippen molar-refractivity contribution in [3.05, 3.63) is 39.3 Å². The summed E-state index contributed by atoms with van der Waals surface area (Å²) >= 11 is 7.22. The third kappa shape index (κ3) is 3.95. The Hall–Kier alpha value is -1.79. The summed E-state index contributed by atoms with van der Waals surface area (Å²) in [5, 5.41) is 12.8. The third-order valence-corrected chi connectivity index (χ3v) is 5.03. The lowest BCUT2D eigenvalue weighted by Crippen LogP contribution is -2.30. The molecule has 1 saturated heterocycles. The molecule has 3 rings (SSSR count). The molecule has 2 N–H and O–H groups in total. The number of thiazole rings is 1. The molecule has 122 valence electrons. The minimum Gasteiger partial charge on any atom is -0.478 e. The first-order chi connectivity index (χ1) is 11.1. The molecule has 0 amide bonds. The van der Waals surface area contributed by atoms with Gasteiger partial charge in [-0.1, -0.05) is 11.6 Å². The predicted octanol–water partition coefficient (Wildman–Crippen LogP) is 4.10. The quantitative estimate of drug-likeness (QED) is 0.849. The van der Waals surface area contributed by atoms with Gasteiger partial charge in [0, 0.05) is 29.9 Å². The van der Waals surface area contributed by atoms with Crippen molar-refractivity contribution < 1.29 is 9.90 Å². The van der Waals surface area contributed by atoms with E-state index in [9.17, 15) is 9.90 Å². The maximum Gasteiger partial charge on any atom is 0.337 e. The van der Waals surface area contributed by atoms with Gasteiger partial charge in [-0.05, 0) is 37.5 Å². The first-order valence-electron chi connectivity index (χ1n) is 7.60. The normalized spacial score (nSPS) is 14.7. The number of anilines is 2. The maximum atomic E-state index is 11.6. The SMILES string of the molecule is O=C(O)c1cc(NCc2cnc(Cl)s2)ccc1N1CCCCC1. The Morgan fingerprint density at radius 3 is 2.78 bits per heavy atom. The van der Waals surface area contributed by atoms with E-state index in [4.69, 9.17) is 11.6 Å². The van der Waals surface area contributed by atoms with E-state index in [1.807, 2.05) is 12.1 Å². The molecule has 1 aliphatic heterocycles. The highest BCUT2D eigenvalue weighted by Gasteiger charge is 2.18. The van der Waals surface area contributed by atoms with Crippen LogP contribution in [0.3, 0.4) is 0 Å². The van der Waals surface area contributed by atoms with Crippen LogP contribution in [0.4, 0.5) is 11.4 Å². The van der Waals surface area contributed by atoms with Gasteiger partial charge in [0.1, 0.15) is 0 Å². The average Bonchev–Trinajstić information content (AvgIpc) is 2.99. The molecule has 7 heteroatoms. The van der Waals surface area contributed by atoms with Gasteiger partial charge in [-0.2, -0.15) is 0 Å². The van der Waals surface area contributed by atoms with Gasteiger partial charge in [0.2, 0.25) is 0 Å². The second kappa shape index (κ2) is 7.19. The van der Waals surface area contributed by atoms with Gasteiger partial charge in [0.15, 0.2) is 4.47 Å². The zero-order chi connectivity index (χ0) is 16.2. The van der Waals surface area contributed by atoms with Crippen LogP contribution in [0.2, 0.25) is 4.47 Å². The molecular formula is C16H18ClN3O2S. The number of halogens is 1. The Bertz CT molecular complexity index is 698. The van der Waals surface area contributed by atoms with Crippen LogP contribution < -0.4 is 10.2 Å². The van der Waals surface area contributed by atoms with E-state index < -0.39 is 5.97 Å². The Balaban J connectivity index is 1.77. The van der Waals surface area contributed by atoms with E-state index in [2.05, 4.69) is 15.2 Å². The van der Waals surface area contributed by atoms with Crippen molar-refractivity contribution >= 4 is 40.3 Å². The number of carbonyl (C=O) groups is 1. The Labute approximate surface area is 143 Å². The standard InChI is InChI=1S/C16H18ClN3O2S/c17-16-19-10-12(23-16)9-18-11-4-5-14(13(8-11)15(21)22)20-6-2-1-3-7-20/h4-5,8,10,18H,1-3,6-7,9H2,(H,21,22). The highest BCUT2D eigenvalue weighted by molar-refractivity contribution is 7.15. The lowest BCUT2D eigenvalue weighted by atomic mass is 10.1. The molecule has 2 heterocycles. The molecule has 1 aromatic heterocycles. The minimum atomic E-state index is -0.893. The molecule has 0 atom stereocenters. The van der Waals surface area contributed by atoms with Crippen molar-refractivity contribution in [3.8, 4) is 0 Å². The first-order valence-corrected chi connectivity index (χ1v) is 8.79. The van der Waals surface area contributed by atoms with Crippen molar-refractivity contribution in [1.82, 2.24) is 4.98 Å². The van der Waals surface area contributed by atoms with Crippen LogP contribution in [-0.2, 0) is 6.54 Å². The summed E-state index contributed by atoms with van der Waals surface area (Å²) in [5.41, 5.74) is 1.94.